The van der Waals surface area contributed by atoms with Crippen molar-refractivity contribution in [3.8, 4) is 0 Å². The number of hydrogen-bond donors (Lipinski definition) is 0. The molecule has 200 valence electrons. The van der Waals surface area contributed by atoms with Crippen LogP contribution in [0.3, 0.4) is 0 Å². The van der Waals surface area contributed by atoms with Gasteiger partial charge in [-0.05, 0) is 102 Å². The third-order valence-corrected chi connectivity index (χ3v) is 9.20. The fourth-order valence-corrected chi connectivity index (χ4v) is 4.83. The van der Waals surface area contributed by atoms with Gasteiger partial charge in [0.15, 0.2) is 0 Å². The zero-order valence-electron chi connectivity index (χ0n) is 24.9. The van der Waals surface area contributed by atoms with Crippen molar-refractivity contribution in [3.63, 3.8) is 0 Å². The van der Waals surface area contributed by atoms with Crippen LogP contribution in [0.25, 0.3) is 0 Å². The second kappa shape index (κ2) is 9.55. The van der Waals surface area contributed by atoms with Crippen LogP contribution in [0.4, 0.5) is 0 Å². The first-order chi connectivity index (χ1) is 16.9. The summed E-state index contributed by atoms with van der Waals surface area (Å²) in [6, 6.07) is 17.6. The Morgan fingerprint density at radius 2 is 0.811 bits per heavy atom. The summed E-state index contributed by atoms with van der Waals surface area (Å²) in [4.78, 5) is 0. The monoisotopic (exact) mass is 504 g/mol. The van der Waals surface area contributed by atoms with Crippen LogP contribution in [0.5, 0.6) is 0 Å². The van der Waals surface area contributed by atoms with Crippen molar-refractivity contribution < 1.29 is 18.6 Å². The predicted molar refractivity (Wildman–Crippen MR) is 155 cm³/mol. The average molecular weight is 504 g/mol. The molecule has 6 heteroatoms. The average Bonchev–Trinajstić information content (AvgIpc) is 3.13. The lowest BCUT2D eigenvalue weighted by Crippen LogP contribution is -2.41. The summed E-state index contributed by atoms with van der Waals surface area (Å²) in [5.74, 6) is 0.498. The molecule has 2 saturated heterocycles. The van der Waals surface area contributed by atoms with Gasteiger partial charge in [0.2, 0.25) is 0 Å². The summed E-state index contributed by atoms with van der Waals surface area (Å²) in [6.45, 7) is 23.8. The molecule has 0 atom stereocenters. The first-order valence-electron chi connectivity index (χ1n) is 13.8. The molecule has 4 rings (SSSR count). The Labute approximate surface area is 226 Å². The van der Waals surface area contributed by atoms with Crippen molar-refractivity contribution in [1.29, 1.82) is 0 Å². The Bertz CT molecular complexity index is 968. The molecule has 0 unspecified atom stereocenters. The Morgan fingerprint density at radius 1 is 0.541 bits per heavy atom. The zero-order chi connectivity index (χ0) is 27.4. The van der Waals surface area contributed by atoms with Gasteiger partial charge in [0.05, 0.1) is 22.4 Å². The van der Waals surface area contributed by atoms with Gasteiger partial charge in [0, 0.05) is 0 Å². The molecular formula is C31H46B2O4. The molecule has 0 spiro atoms. The summed E-state index contributed by atoms with van der Waals surface area (Å²) in [7, 11) is -0.639. The maximum Gasteiger partial charge on any atom is 0.494 e. The topological polar surface area (TPSA) is 36.9 Å². The number of hydrogen-bond acceptors (Lipinski definition) is 4. The fraction of sp³-hybridized carbons (Fsp3) is 0.613. The predicted octanol–water partition coefficient (Wildman–Crippen LogP) is 5.73. The Balaban J connectivity index is 1.43. The summed E-state index contributed by atoms with van der Waals surface area (Å²) in [5.41, 5.74) is 3.70. The van der Waals surface area contributed by atoms with E-state index in [-0.39, 0.29) is 42.1 Å². The first-order valence-corrected chi connectivity index (χ1v) is 13.8. The van der Waals surface area contributed by atoms with Gasteiger partial charge in [-0.3, -0.25) is 0 Å². The second-order valence-electron chi connectivity index (χ2n) is 14.1. The lowest BCUT2D eigenvalue weighted by molar-refractivity contribution is 0.00578. The molecule has 0 saturated carbocycles. The zero-order valence-corrected chi connectivity index (χ0v) is 24.9. The molecule has 4 nitrogen and oxygen atoms in total. The highest BCUT2D eigenvalue weighted by atomic mass is 16.7. The second-order valence-corrected chi connectivity index (χ2v) is 14.1. The maximum atomic E-state index is 6.23. The summed E-state index contributed by atoms with van der Waals surface area (Å²) in [6.07, 6.45) is 2.04. The van der Waals surface area contributed by atoms with Gasteiger partial charge in [0.25, 0.3) is 0 Å². The summed E-state index contributed by atoms with van der Waals surface area (Å²) >= 11 is 0. The highest BCUT2D eigenvalue weighted by molar-refractivity contribution is 6.62. The Kier molecular flexibility index (Phi) is 7.34. The SMILES string of the molecule is CC(C)(C)C(Cc1ccc(B2OC(C)(C)C(C)(C)O2)cc1)Cc1ccc(B2OC(C)(C)C(C)(C)O2)cc1. The van der Waals surface area contributed by atoms with Crippen molar-refractivity contribution in [2.45, 2.75) is 111 Å². The molecule has 0 N–H and O–H groups in total. The fourth-order valence-electron chi connectivity index (χ4n) is 4.83. The quantitative estimate of drug-likeness (QED) is 0.471. The standard InChI is InChI=1S/C31H46B2O4/c1-27(2,3)24(20-22-12-16-25(17-13-22)32-34-28(4,5)29(6,7)35-32)21-23-14-18-26(19-15-23)33-36-30(8,9)31(10,11)37-33/h12-19,24H,20-21H2,1-11H3. The van der Waals surface area contributed by atoms with Gasteiger partial charge >= 0.3 is 14.2 Å². The van der Waals surface area contributed by atoms with Crippen molar-refractivity contribution in [2.75, 3.05) is 0 Å². The number of rotatable bonds is 6. The first kappa shape index (κ1) is 28.4. The lowest BCUT2D eigenvalue weighted by Gasteiger charge is -2.32. The highest BCUT2D eigenvalue weighted by Gasteiger charge is 2.52. The maximum absolute atomic E-state index is 6.23. The summed E-state index contributed by atoms with van der Waals surface area (Å²) in [5, 5.41) is 0. The van der Waals surface area contributed by atoms with E-state index in [1.165, 1.54) is 11.1 Å². The Hall–Kier alpha value is -1.59. The number of benzene rings is 2. The van der Waals surface area contributed by atoms with Crippen LogP contribution < -0.4 is 10.9 Å². The highest BCUT2D eigenvalue weighted by Crippen LogP contribution is 2.38. The molecule has 0 bridgehead atoms. The Morgan fingerprint density at radius 3 is 1.05 bits per heavy atom. The molecule has 0 aromatic heterocycles. The van der Waals surface area contributed by atoms with Crippen molar-refractivity contribution in [1.82, 2.24) is 0 Å². The van der Waals surface area contributed by atoms with E-state index in [9.17, 15) is 0 Å². The molecule has 2 fully saturated rings. The van der Waals surface area contributed by atoms with Crippen LogP contribution in [-0.2, 0) is 31.5 Å². The smallest absolute Gasteiger partial charge is 0.399 e. The molecule has 0 amide bonds. The normalized spacial score (nSPS) is 22.2. The third kappa shape index (κ3) is 5.88. The van der Waals surface area contributed by atoms with Crippen LogP contribution >= 0.6 is 0 Å². The van der Waals surface area contributed by atoms with Crippen molar-refractivity contribution >= 4 is 25.2 Å². The molecule has 2 aliphatic heterocycles. The van der Waals surface area contributed by atoms with Crippen LogP contribution in [0, 0.1) is 11.3 Å². The largest absolute Gasteiger partial charge is 0.494 e. The molecule has 2 aromatic rings. The van der Waals surface area contributed by atoms with E-state index in [1.54, 1.807) is 0 Å². The van der Waals surface area contributed by atoms with Crippen molar-refractivity contribution in [2.24, 2.45) is 11.3 Å². The van der Waals surface area contributed by atoms with Crippen LogP contribution in [0.15, 0.2) is 48.5 Å². The van der Waals surface area contributed by atoms with Gasteiger partial charge in [-0.15, -0.1) is 0 Å². The molecule has 0 radical (unpaired) electrons. The molecule has 2 aromatic carbocycles. The lowest BCUT2D eigenvalue weighted by atomic mass is 9.72. The van der Waals surface area contributed by atoms with E-state index in [1.807, 2.05) is 0 Å². The van der Waals surface area contributed by atoms with Gasteiger partial charge in [-0.1, -0.05) is 69.3 Å². The minimum Gasteiger partial charge on any atom is -0.399 e. The summed E-state index contributed by atoms with van der Waals surface area (Å²) < 4.78 is 24.9. The van der Waals surface area contributed by atoms with Crippen LogP contribution in [-0.4, -0.2) is 36.6 Å². The van der Waals surface area contributed by atoms with Gasteiger partial charge in [-0.25, -0.2) is 0 Å². The third-order valence-electron chi connectivity index (χ3n) is 9.20. The molecular weight excluding hydrogens is 458 g/mol. The van der Waals surface area contributed by atoms with E-state index in [2.05, 4.69) is 125 Å². The van der Waals surface area contributed by atoms with Gasteiger partial charge in [-0.2, -0.15) is 0 Å². The van der Waals surface area contributed by atoms with Gasteiger partial charge < -0.3 is 18.6 Å². The minimum absolute atomic E-state index is 0.175. The van der Waals surface area contributed by atoms with Crippen LogP contribution in [0.2, 0.25) is 0 Å². The molecule has 37 heavy (non-hydrogen) atoms. The van der Waals surface area contributed by atoms with E-state index in [4.69, 9.17) is 18.6 Å². The van der Waals surface area contributed by atoms with E-state index < -0.39 is 0 Å². The van der Waals surface area contributed by atoms with Crippen molar-refractivity contribution in [3.05, 3.63) is 59.7 Å². The van der Waals surface area contributed by atoms with E-state index in [0.717, 1.165) is 23.8 Å². The van der Waals surface area contributed by atoms with Crippen LogP contribution in [0.1, 0.15) is 87.3 Å². The van der Waals surface area contributed by atoms with Gasteiger partial charge in [0.1, 0.15) is 0 Å². The molecule has 2 aliphatic rings. The molecule has 0 aliphatic carbocycles. The van der Waals surface area contributed by atoms with E-state index in [0.29, 0.717) is 5.92 Å². The minimum atomic E-state index is -0.328. The van der Waals surface area contributed by atoms with E-state index >= 15 is 0 Å². The molecule has 2 heterocycles.